The van der Waals surface area contributed by atoms with E-state index in [0.29, 0.717) is 44.4 Å². The van der Waals surface area contributed by atoms with Crippen molar-refractivity contribution in [1.29, 1.82) is 0 Å². The van der Waals surface area contributed by atoms with Gasteiger partial charge in [0, 0.05) is 13.1 Å². The highest BCUT2D eigenvalue weighted by atomic mass is 32.2. The van der Waals surface area contributed by atoms with Crippen molar-refractivity contribution < 1.29 is 19.1 Å². The molecule has 2 aromatic rings. The minimum atomic E-state index is -0.237. The van der Waals surface area contributed by atoms with Crippen LogP contribution in [-0.2, 0) is 22.4 Å². The maximum atomic E-state index is 13.1. The SMILES string of the molecule is COc1ccc(CCN2C(=O)/C(=C3\SC(=S)N(CCc4ccc(OC)cc4)C3=O)SC2=S)cc1. The summed E-state index contributed by atoms with van der Waals surface area (Å²) in [5, 5.41) is 0. The van der Waals surface area contributed by atoms with E-state index in [1.165, 1.54) is 23.5 Å². The van der Waals surface area contributed by atoms with Gasteiger partial charge in [-0.25, -0.2) is 0 Å². The third-order valence-electron chi connectivity index (χ3n) is 5.47. The molecule has 0 N–H and O–H groups in total. The van der Waals surface area contributed by atoms with E-state index < -0.39 is 0 Å². The van der Waals surface area contributed by atoms with E-state index in [-0.39, 0.29) is 11.8 Å². The smallest absolute Gasteiger partial charge is 0.267 e. The fourth-order valence-electron chi connectivity index (χ4n) is 3.52. The van der Waals surface area contributed by atoms with Crippen LogP contribution in [0, 0.1) is 0 Å². The second-order valence-corrected chi connectivity index (χ2v) is 10.8. The summed E-state index contributed by atoms with van der Waals surface area (Å²) in [5.74, 6) is 1.09. The van der Waals surface area contributed by atoms with E-state index in [1.807, 2.05) is 48.5 Å². The fourth-order valence-corrected chi connectivity index (χ4v) is 6.29. The maximum Gasteiger partial charge on any atom is 0.267 e. The van der Waals surface area contributed by atoms with E-state index in [2.05, 4.69) is 0 Å². The van der Waals surface area contributed by atoms with Gasteiger partial charge in [0.15, 0.2) is 0 Å². The average Bonchev–Trinajstić information content (AvgIpc) is 3.30. The Balaban J connectivity index is 1.41. The summed E-state index contributed by atoms with van der Waals surface area (Å²) in [4.78, 5) is 30.1. The van der Waals surface area contributed by atoms with Gasteiger partial charge in [-0.2, -0.15) is 0 Å². The Morgan fingerprint density at radius 2 is 1.03 bits per heavy atom. The standard InChI is InChI=1S/C24H22N2O4S4/c1-29-17-7-3-15(4-8-17)11-13-25-21(27)19(33-23(25)31)20-22(28)26(24(32)34-20)14-12-16-5-9-18(30-2)10-6-16/h3-10H,11-14H2,1-2H3/b20-19+. The molecule has 0 aliphatic carbocycles. The molecule has 2 aliphatic heterocycles. The molecule has 0 radical (unpaired) electrons. The van der Waals surface area contributed by atoms with Gasteiger partial charge in [0.05, 0.1) is 24.0 Å². The summed E-state index contributed by atoms with van der Waals surface area (Å²) in [5.41, 5.74) is 2.14. The van der Waals surface area contributed by atoms with Crippen LogP contribution in [-0.4, -0.2) is 57.6 Å². The highest BCUT2D eigenvalue weighted by Gasteiger charge is 2.41. The van der Waals surface area contributed by atoms with Crippen molar-refractivity contribution in [2.24, 2.45) is 0 Å². The molecule has 0 bridgehead atoms. The fraction of sp³-hybridized carbons (Fsp3) is 0.250. The van der Waals surface area contributed by atoms with E-state index >= 15 is 0 Å². The Morgan fingerprint density at radius 1 is 0.676 bits per heavy atom. The summed E-state index contributed by atoms with van der Waals surface area (Å²) >= 11 is 13.3. The molecule has 2 saturated heterocycles. The molecule has 4 rings (SSSR count). The highest BCUT2D eigenvalue weighted by Crippen LogP contribution is 2.42. The molecule has 0 unspecified atom stereocenters. The molecule has 2 heterocycles. The van der Waals surface area contributed by atoms with Crippen molar-refractivity contribution in [3.8, 4) is 11.5 Å². The van der Waals surface area contributed by atoms with E-state index in [4.69, 9.17) is 33.9 Å². The van der Waals surface area contributed by atoms with E-state index in [0.717, 1.165) is 22.6 Å². The molecule has 176 valence electrons. The largest absolute Gasteiger partial charge is 0.497 e. The van der Waals surface area contributed by atoms with Gasteiger partial charge in [-0.15, -0.1) is 0 Å². The number of carbonyl (C=O) groups is 2. The van der Waals surface area contributed by atoms with Gasteiger partial charge in [0.1, 0.15) is 20.1 Å². The predicted octanol–water partition coefficient (Wildman–Crippen LogP) is 4.42. The zero-order valence-corrected chi connectivity index (χ0v) is 21.9. The molecule has 10 heteroatoms. The Bertz CT molecular complexity index is 1070. The zero-order valence-electron chi connectivity index (χ0n) is 18.6. The number of carbonyl (C=O) groups excluding carboxylic acids is 2. The summed E-state index contributed by atoms with van der Waals surface area (Å²) in [6.07, 6.45) is 1.29. The number of rotatable bonds is 8. The highest BCUT2D eigenvalue weighted by molar-refractivity contribution is 8.29. The second kappa shape index (κ2) is 10.9. The number of ether oxygens (including phenoxy) is 2. The van der Waals surface area contributed by atoms with Crippen LogP contribution in [0.2, 0.25) is 0 Å². The molecule has 2 aromatic carbocycles. The number of thiocarbonyl (C=S) groups is 2. The van der Waals surface area contributed by atoms with Crippen LogP contribution in [0.1, 0.15) is 11.1 Å². The first-order chi connectivity index (χ1) is 16.4. The van der Waals surface area contributed by atoms with Crippen LogP contribution in [0.5, 0.6) is 11.5 Å². The summed E-state index contributed by atoms with van der Waals surface area (Å²) in [6.45, 7) is 0.885. The first-order valence-electron chi connectivity index (χ1n) is 10.5. The van der Waals surface area contributed by atoms with Gasteiger partial charge in [0.2, 0.25) is 0 Å². The van der Waals surface area contributed by atoms with Crippen molar-refractivity contribution in [2.75, 3.05) is 27.3 Å². The topological polar surface area (TPSA) is 59.1 Å². The lowest BCUT2D eigenvalue weighted by Crippen LogP contribution is -2.32. The molecule has 34 heavy (non-hydrogen) atoms. The lowest BCUT2D eigenvalue weighted by Gasteiger charge is -2.15. The van der Waals surface area contributed by atoms with E-state index in [1.54, 1.807) is 24.0 Å². The Morgan fingerprint density at radius 3 is 1.35 bits per heavy atom. The molecule has 0 atom stereocenters. The number of nitrogens with zero attached hydrogens (tertiary/aromatic N) is 2. The first kappa shape index (κ1) is 24.7. The number of amides is 2. The number of benzene rings is 2. The first-order valence-corrected chi connectivity index (χ1v) is 12.9. The van der Waals surface area contributed by atoms with Crippen LogP contribution in [0.3, 0.4) is 0 Å². The second-order valence-electron chi connectivity index (χ2n) is 7.50. The molecule has 0 spiro atoms. The third-order valence-corrected chi connectivity index (χ3v) is 8.50. The van der Waals surface area contributed by atoms with Gasteiger partial charge in [0.25, 0.3) is 11.8 Å². The Labute approximate surface area is 217 Å². The average molecular weight is 531 g/mol. The van der Waals surface area contributed by atoms with Crippen molar-refractivity contribution in [3.63, 3.8) is 0 Å². The summed E-state index contributed by atoms with van der Waals surface area (Å²) < 4.78 is 11.3. The number of hydrogen-bond donors (Lipinski definition) is 0. The lowest BCUT2D eigenvalue weighted by molar-refractivity contribution is -0.124. The molecule has 6 nitrogen and oxygen atoms in total. The Hall–Kier alpha value is -2.40. The summed E-state index contributed by atoms with van der Waals surface area (Å²) in [7, 11) is 3.24. The minimum absolute atomic E-state index is 0.237. The molecule has 0 saturated carbocycles. The number of hydrogen-bond acceptors (Lipinski definition) is 8. The van der Waals surface area contributed by atoms with Gasteiger partial charge in [-0.05, 0) is 48.2 Å². The van der Waals surface area contributed by atoms with Crippen molar-refractivity contribution in [1.82, 2.24) is 9.80 Å². The van der Waals surface area contributed by atoms with Crippen LogP contribution < -0.4 is 9.47 Å². The molecule has 2 aliphatic rings. The van der Waals surface area contributed by atoms with Crippen molar-refractivity contribution >= 4 is 68.4 Å². The molecular formula is C24H22N2O4S4. The van der Waals surface area contributed by atoms with Crippen LogP contribution in [0.15, 0.2) is 58.3 Å². The zero-order chi connectivity index (χ0) is 24.2. The predicted molar refractivity (Wildman–Crippen MR) is 144 cm³/mol. The molecule has 2 amide bonds. The monoisotopic (exact) mass is 530 g/mol. The molecule has 0 aromatic heterocycles. The third kappa shape index (κ3) is 5.30. The summed E-state index contributed by atoms with van der Waals surface area (Å²) in [6, 6.07) is 15.4. The minimum Gasteiger partial charge on any atom is -0.497 e. The van der Waals surface area contributed by atoms with Crippen LogP contribution in [0.25, 0.3) is 0 Å². The van der Waals surface area contributed by atoms with Crippen LogP contribution >= 0.6 is 48.0 Å². The van der Waals surface area contributed by atoms with Crippen molar-refractivity contribution in [2.45, 2.75) is 12.8 Å². The Kier molecular flexibility index (Phi) is 7.92. The lowest BCUT2D eigenvalue weighted by atomic mass is 10.1. The van der Waals surface area contributed by atoms with E-state index in [9.17, 15) is 9.59 Å². The van der Waals surface area contributed by atoms with Gasteiger partial charge in [-0.1, -0.05) is 72.2 Å². The van der Waals surface area contributed by atoms with Gasteiger partial charge in [-0.3, -0.25) is 19.4 Å². The number of thioether (sulfide) groups is 2. The number of methoxy groups -OCH3 is 2. The van der Waals surface area contributed by atoms with Crippen molar-refractivity contribution in [3.05, 3.63) is 69.5 Å². The molecular weight excluding hydrogens is 509 g/mol. The van der Waals surface area contributed by atoms with Crippen LogP contribution in [0.4, 0.5) is 0 Å². The normalized spacial score (nSPS) is 18.3. The quantitative estimate of drug-likeness (QED) is 0.367. The molecule has 2 fully saturated rings. The van der Waals surface area contributed by atoms with Gasteiger partial charge >= 0.3 is 0 Å². The maximum absolute atomic E-state index is 13.1. The van der Waals surface area contributed by atoms with Gasteiger partial charge < -0.3 is 9.47 Å².